The highest BCUT2D eigenvalue weighted by Gasteiger charge is 2.07. The Hall–Kier alpha value is -2.85. The molecule has 3 aromatic rings. The van der Waals surface area contributed by atoms with Gasteiger partial charge in [0.1, 0.15) is 12.4 Å². The largest absolute Gasteiger partial charge is 0.492 e. The van der Waals surface area contributed by atoms with Gasteiger partial charge in [-0.2, -0.15) is 0 Å². The maximum Gasteiger partial charge on any atom is 0.222 e. The molecule has 0 radical (unpaired) electrons. The number of nitrogens with one attached hydrogen (secondary N) is 1. The minimum atomic E-state index is 0.000137. The van der Waals surface area contributed by atoms with Gasteiger partial charge in [-0.25, -0.2) is 0 Å². The summed E-state index contributed by atoms with van der Waals surface area (Å²) >= 11 is 0. The van der Waals surface area contributed by atoms with E-state index in [0.717, 1.165) is 18.8 Å². The van der Waals surface area contributed by atoms with Crippen LogP contribution in [-0.4, -0.2) is 31.0 Å². The molecule has 4 nitrogen and oxygen atoms in total. The van der Waals surface area contributed by atoms with Gasteiger partial charge in [0.25, 0.3) is 0 Å². The fraction of sp³-hybridized carbons (Fsp3) is 0.320. The van der Waals surface area contributed by atoms with Gasteiger partial charge in [0.2, 0.25) is 5.91 Å². The predicted octanol–water partition coefficient (Wildman–Crippen LogP) is 4.62. The number of benzene rings is 3. The molecule has 152 valence electrons. The lowest BCUT2D eigenvalue weighted by molar-refractivity contribution is -0.124. The normalized spacial score (nSPS) is 11.2. The van der Waals surface area contributed by atoms with E-state index in [1.807, 2.05) is 26.0 Å². The van der Waals surface area contributed by atoms with Gasteiger partial charge < -0.3 is 10.1 Å². The van der Waals surface area contributed by atoms with E-state index in [-0.39, 0.29) is 11.8 Å². The van der Waals surface area contributed by atoms with Crippen molar-refractivity contribution >= 4 is 16.7 Å². The van der Waals surface area contributed by atoms with Gasteiger partial charge in [-0.15, -0.1) is 0 Å². The van der Waals surface area contributed by atoms with Crippen LogP contribution in [-0.2, 0) is 17.9 Å². The lowest BCUT2D eigenvalue weighted by Gasteiger charge is -2.18. The van der Waals surface area contributed by atoms with Crippen LogP contribution in [0.3, 0.4) is 0 Å². The summed E-state index contributed by atoms with van der Waals surface area (Å²) in [5, 5.41) is 5.45. The van der Waals surface area contributed by atoms with Crippen molar-refractivity contribution in [2.45, 2.75) is 26.9 Å². The Kier molecular flexibility index (Phi) is 7.25. The number of nitrogens with zero attached hydrogens (tertiary/aromatic N) is 1. The molecular weight excluding hydrogens is 360 g/mol. The van der Waals surface area contributed by atoms with Gasteiger partial charge in [-0.3, -0.25) is 9.69 Å². The van der Waals surface area contributed by atoms with Crippen LogP contribution < -0.4 is 10.1 Å². The maximum atomic E-state index is 11.5. The standard InChI is InChI=1S/C25H30N2O2/c1-19(2)25(28)26-15-16-29-23-13-11-20(12-14-23)17-27(3)18-22-9-6-8-21-7-4-5-10-24(21)22/h4-14,19H,15-18H2,1-3H3,(H,26,28). The van der Waals surface area contributed by atoms with E-state index in [4.69, 9.17) is 4.74 Å². The van der Waals surface area contributed by atoms with Gasteiger partial charge in [0, 0.05) is 19.0 Å². The minimum Gasteiger partial charge on any atom is -0.492 e. The molecule has 0 aromatic heterocycles. The molecule has 0 aliphatic rings. The second-order valence-electron chi connectivity index (χ2n) is 7.75. The summed E-state index contributed by atoms with van der Waals surface area (Å²) in [6, 6.07) is 23.2. The zero-order valence-electron chi connectivity index (χ0n) is 17.5. The molecule has 0 fully saturated rings. The quantitative estimate of drug-likeness (QED) is 0.542. The van der Waals surface area contributed by atoms with Crippen LogP contribution in [0.2, 0.25) is 0 Å². The summed E-state index contributed by atoms with van der Waals surface area (Å²) in [6.07, 6.45) is 0. The number of hydrogen-bond donors (Lipinski definition) is 1. The monoisotopic (exact) mass is 390 g/mol. The van der Waals surface area contributed by atoms with Crippen molar-refractivity contribution in [1.82, 2.24) is 10.2 Å². The molecule has 1 N–H and O–H groups in total. The van der Waals surface area contributed by atoms with E-state index in [9.17, 15) is 4.79 Å². The summed E-state index contributed by atoms with van der Waals surface area (Å²) in [5.74, 6) is 0.877. The van der Waals surface area contributed by atoms with Crippen molar-refractivity contribution in [3.63, 3.8) is 0 Å². The third kappa shape index (κ3) is 6.06. The number of ether oxygens (including phenoxy) is 1. The van der Waals surface area contributed by atoms with Crippen molar-refractivity contribution < 1.29 is 9.53 Å². The maximum absolute atomic E-state index is 11.5. The third-order valence-electron chi connectivity index (χ3n) is 4.89. The topological polar surface area (TPSA) is 41.6 Å². The van der Waals surface area contributed by atoms with Crippen molar-refractivity contribution in [2.24, 2.45) is 5.92 Å². The number of fused-ring (bicyclic) bond motifs is 1. The molecule has 0 aliphatic carbocycles. The van der Waals surface area contributed by atoms with E-state index < -0.39 is 0 Å². The first-order chi connectivity index (χ1) is 14.0. The van der Waals surface area contributed by atoms with Crippen LogP contribution in [0.15, 0.2) is 66.7 Å². The molecule has 29 heavy (non-hydrogen) atoms. The van der Waals surface area contributed by atoms with E-state index in [2.05, 4.69) is 71.9 Å². The first kappa shape index (κ1) is 20.9. The Bertz CT molecular complexity index is 930. The summed E-state index contributed by atoms with van der Waals surface area (Å²) in [4.78, 5) is 13.9. The van der Waals surface area contributed by atoms with E-state index in [1.54, 1.807) is 0 Å². The molecule has 0 saturated heterocycles. The molecule has 0 aliphatic heterocycles. The second-order valence-corrected chi connectivity index (χ2v) is 7.75. The number of carbonyl (C=O) groups is 1. The molecule has 0 spiro atoms. The van der Waals surface area contributed by atoms with Crippen LogP contribution in [0.25, 0.3) is 10.8 Å². The summed E-state index contributed by atoms with van der Waals surface area (Å²) in [5.41, 5.74) is 2.59. The van der Waals surface area contributed by atoms with E-state index in [1.165, 1.54) is 21.9 Å². The molecule has 0 heterocycles. The lowest BCUT2D eigenvalue weighted by Crippen LogP contribution is -2.31. The Morgan fingerprint density at radius 1 is 0.966 bits per heavy atom. The fourth-order valence-electron chi connectivity index (χ4n) is 3.33. The summed E-state index contributed by atoms with van der Waals surface area (Å²) in [7, 11) is 2.14. The number of rotatable bonds is 9. The summed E-state index contributed by atoms with van der Waals surface area (Å²) < 4.78 is 5.71. The van der Waals surface area contributed by atoms with Gasteiger partial charge in [-0.05, 0) is 41.1 Å². The highest BCUT2D eigenvalue weighted by atomic mass is 16.5. The minimum absolute atomic E-state index is 0.000137. The number of amides is 1. The van der Waals surface area contributed by atoms with Gasteiger partial charge in [0.15, 0.2) is 0 Å². The fourth-order valence-corrected chi connectivity index (χ4v) is 3.33. The SMILES string of the molecule is CC(C)C(=O)NCCOc1ccc(CN(C)Cc2cccc3ccccc23)cc1. The molecule has 4 heteroatoms. The zero-order chi connectivity index (χ0) is 20.6. The molecule has 0 unspecified atom stereocenters. The lowest BCUT2D eigenvalue weighted by atomic mass is 10.0. The predicted molar refractivity (Wildman–Crippen MR) is 119 cm³/mol. The van der Waals surface area contributed by atoms with Crippen molar-refractivity contribution in [3.05, 3.63) is 77.9 Å². The Morgan fingerprint density at radius 3 is 2.45 bits per heavy atom. The van der Waals surface area contributed by atoms with Crippen LogP contribution in [0.5, 0.6) is 5.75 Å². The third-order valence-corrected chi connectivity index (χ3v) is 4.89. The highest BCUT2D eigenvalue weighted by Crippen LogP contribution is 2.20. The molecule has 3 aromatic carbocycles. The molecular formula is C25H30N2O2. The van der Waals surface area contributed by atoms with E-state index in [0.29, 0.717) is 13.2 Å². The Labute approximate surface area is 173 Å². The van der Waals surface area contributed by atoms with Crippen LogP contribution in [0.1, 0.15) is 25.0 Å². The first-order valence-electron chi connectivity index (χ1n) is 10.2. The van der Waals surface area contributed by atoms with Crippen LogP contribution in [0, 0.1) is 5.92 Å². The van der Waals surface area contributed by atoms with Crippen molar-refractivity contribution in [2.75, 3.05) is 20.2 Å². The highest BCUT2D eigenvalue weighted by molar-refractivity contribution is 5.85. The van der Waals surface area contributed by atoms with E-state index >= 15 is 0 Å². The molecule has 0 atom stereocenters. The van der Waals surface area contributed by atoms with Crippen molar-refractivity contribution in [3.8, 4) is 5.75 Å². The smallest absolute Gasteiger partial charge is 0.222 e. The number of carbonyl (C=O) groups excluding carboxylic acids is 1. The van der Waals surface area contributed by atoms with Gasteiger partial charge in [-0.1, -0.05) is 68.4 Å². The first-order valence-corrected chi connectivity index (χ1v) is 10.2. The zero-order valence-corrected chi connectivity index (χ0v) is 17.5. The number of hydrogen-bond acceptors (Lipinski definition) is 3. The molecule has 0 saturated carbocycles. The Morgan fingerprint density at radius 2 is 1.69 bits per heavy atom. The van der Waals surface area contributed by atoms with Gasteiger partial charge in [0.05, 0.1) is 6.54 Å². The average molecular weight is 391 g/mol. The summed E-state index contributed by atoms with van der Waals surface area (Å²) in [6.45, 7) is 6.52. The van der Waals surface area contributed by atoms with Crippen LogP contribution >= 0.6 is 0 Å². The average Bonchev–Trinajstić information content (AvgIpc) is 2.72. The van der Waals surface area contributed by atoms with Crippen molar-refractivity contribution in [1.29, 1.82) is 0 Å². The molecule has 3 rings (SSSR count). The van der Waals surface area contributed by atoms with Crippen LogP contribution in [0.4, 0.5) is 0 Å². The van der Waals surface area contributed by atoms with Gasteiger partial charge >= 0.3 is 0 Å². The molecule has 1 amide bonds. The molecule has 0 bridgehead atoms. The second kappa shape index (κ2) is 10.1. The Balaban J connectivity index is 1.49.